The summed E-state index contributed by atoms with van der Waals surface area (Å²) in [5.41, 5.74) is 6.61. The number of aliphatic imine (C=N–C) groups is 1. The maximum atomic E-state index is 5.64. The summed E-state index contributed by atoms with van der Waals surface area (Å²) in [5.74, 6) is 0.525. The van der Waals surface area contributed by atoms with Crippen molar-refractivity contribution in [2.24, 2.45) is 10.7 Å². The molecule has 1 fully saturated rings. The molecule has 1 aromatic rings. The van der Waals surface area contributed by atoms with Gasteiger partial charge < -0.3 is 11.1 Å². The van der Waals surface area contributed by atoms with Gasteiger partial charge in [-0.15, -0.1) is 0 Å². The zero-order valence-corrected chi connectivity index (χ0v) is 7.33. The van der Waals surface area contributed by atoms with Gasteiger partial charge in [0.05, 0.1) is 12.2 Å². The molecule has 0 atom stereocenters. The lowest BCUT2D eigenvalue weighted by Gasteiger charge is -2.01. The first-order chi connectivity index (χ1) is 6.34. The maximum Gasteiger partial charge on any atom is 0.189 e. The summed E-state index contributed by atoms with van der Waals surface area (Å²) in [6.07, 6.45) is 4.12. The molecule has 5 heteroatoms. The van der Waals surface area contributed by atoms with Gasteiger partial charge in [0.15, 0.2) is 5.96 Å². The van der Waals surface area contributed by atoms with E-state index in [1.165, 1.54) is 12.8 Å². The minimum absolute atomic E-state index is 0.525. The Morgan fingerprint density at radius 1 is 1.77 bits per heavy atom. The third kappa shape index (κ3) is 2.47. The first-order valence-electron chi connectivity index (χ1n) is 4.39. The van der Waals surface area contributed by atoms with Gasteiger partial charge >= 0.3 is 0 Å². The van der Waals surface area contributed by atoms with Gasteiger partial charge in [-0.05, 0) is 18.9 Å². The fourth-order valence-electron chi connectivity index (χ4n) is 1.03. The Balaban J connectivity index is 1.81. The summed E-state index contributed by atoms with van der Waals surface area (Å²) in [6, 6.07) is 2.44. The van der Waals surface area contributed by atoms with Gasteiger partial charge in [-0.1, -0.05) is 0 Å². The number of rotatable bonds is 3. The Morgan fingerprint density at radius 3 is 3.23 bits per heavy atom. The molecule has 0 aromatic carbocycles. The van der Waals surface area contributed by atoms with Gasteiger partial charge in [0.1, 0.15) is 0 Å². The second-order valence-electron chi connectivity index (χ2n) is 3.20. The highest BCUT2D eigenvalue weighted by molar-refractivity contribution is 5.78. The molecule has 0 aliphatic heterocycles. The van der Waals surface area contributed by atoms with Crippen LogP contribution in [0.5, 0.6) is 0 Å². The van der Waals surface area contributed by atoms with Gasteiger partial charge in [0.2, 0.25) is 0 Å². The number of aromatic amines is 1. The lowest BCUT2D eigenvalue weighted by Crippen LogP contribution is -2.33. The van der Waals surface area contributed by atoms with E-state index >= 15 is 0 Å². The van der Waals surface area contributed by atoms with Crippen molar-refractivity contribution in [3.8, 4) is 0 Å². The average Bonchev–Trinajstić information content (AvgIpc) is 2.78. The third-order valence-electron chi connectivity index (χ3n) is 1.91. The number of guanidine groups is 1. The molecular weight excluding hydrogens is 166 g/mol. The van der Waals surface area contributed by atoms with Crippen molar-refractivity contribution in [1.82, 2.24) is 15.5 Å². The van der Waals surface area contributed by atoms with E-state index < -0.39 is 0 Å². The molecule has 13 heavy (non-hydrogen) atoms. The molecule has 1 heterocycles. The van der Waals surface area contributed by atoms with Crippen molar-refractivity contribution in [3.05, 3.63) is 18.0 Å². The minimum atomic E-state index is 0.525. The number of H-pyrrole nitrogens is 1. The van der Waals surface area contributed by atoms with Crippen LogP contribution in [0, 0.1) is 0 Å². The zero-order valence-electron chi connectivity index (χ0n) is 7.33. The largest absolute Gasteiger partial charge is 0.370 e. The second kappa shape index (κ2) is 3.47. The lowest BCUT2D eigenvalue weighted by molar-refractivity contribution is 0.868. The van der Waals surface area contributed by atoms with Gasteiger partial charge in [0, 0.05) is 12.2 Å². The molecule has 0 unspecified atom stereocenters. The number of hydrogen-bond acceptors (Lipinski definition) is 2. The molecule has 0 amide bonds. The fraction of sp³-hybridized carbons (Fsp3) is 0.500. The monoisotopic (exact) mass is 179 g/mol. The van der Waals surface area contributed by atoms with Crippen LogP contribution in [-0.2, 0) is 6.54 Å². The van der Waals surface area contributed by atoms with Crippen LogP contribution in [0.15, 0.2) is 17.3 Å². The summed E-state index contributed by atoms with van der Waals surface area (Å²) in [4.78, 5) is 4.16. The Labute approximate surface area is 76.4 Å². The second-order valence-corrected chi connectivity index (χ2v) is 3.20. The van der Waals surface area contributed by atoms with E-state index in [2.05, 4.69) is 20.5 Å². The van der Waals surface area contributed by atoms with Crippen LogP contribution < -0.4 is 11.1 Å². The van der Waals surface area contributed by atoms with E-state index in [1.54, 1.807) is 6.20 Å². The van der Waals surface area contributed by atoms with Crippen LogP contribution in [0.1, 0.15) is 18.5 Å². The molecule has 0 radical (unpaired) electrons. The van der Waals surface area contributed by atoms with Crippen LogP contribution in [0.25, 0.3) is 0 Å². The first-order valence-corrected chi connectivity index (χ1v) is 4.39. The number of aromatic nitrogens is 2. The highest BCUT2D eigenvalue weighted by atomic mass is 15.1. The SMILES string of the molecule is NC(=NCc1ccn[nH]1)NC1CC1. The normalized spacial score (nSPS) is 17.4. The molecule has 1 aliphatic carbocycles. The molecule has 1 saturated carbocycles. The van der Waals surface area contributed by atoms with Crippen LogP contribution in [0.3, 0.4) is 0 Å². The van der Waals surface area contributed by atoms with Crippen molar-refractivity contribution in [3.63, 3.8) is 0 Å². The number of nitrogens with one attached hydrogen (secondary N) is 2. The predicted octanol–water partition coefficient (Wildman–Crippen LogP) is -0.0236. The minimum Gasteiger partial charge on any atom is -0.370 e. The Kier molecular flexibility index (Phi) is 2.16. The highest BCUT2D eigenvalue weighted by Crippen LogP contribution is 2.17. The maximum absolute atomic E-state index is 5.64. The van der Waals surface area contributed by atoms with E-state index in [1.807, 2.05) is 6.07 Å². The topological polar surface area (TPSA) is 79.1 Å². The van der Waals surface area contributed by atoms with Crippen LogP contribution in [0.2, 0.25) is 0 Å². The van der Waals surface area contributed by atoms with Crippen LogP contribution in [0.4, 0.5) is 0 Å². The Bertz CT molecular complexity index is 285. The number of hydrogen-bond donors (Lipinski definition) is 3. The summed E-state index contributed by atoms with van der Waals surface area (Å²) >= 11 is 0. The molecule has 1 aromatic heterocycles. The van der Waals surface area contributed by atoms with E-state index in [0.717, 1.165) is 5.69 Å². The Morgan fingerprint density at radius 2 is 2.62 bits per heavy atom. The molecule has 0 saturated heterocycles. The number of nitrogens with zero attached hydrogens (tertiary/aromatic N) is 2. The molecule has 70 valence electrons. The smallest absolute Gasteiger partial charge is 0.189 e. The van der Waals surface area contributed by atoms with Crippen LogP contribution in [-0.4, -0.2) is 22.2 Å². The van der Waals surface area contributed by atoms with Gasteiger partial charge in [-0.2, -0.15) is 5.10 Å². The predicted molar refractivity (Wildman–Crippen MR) is 50.1 cm³/mol. The summed E-state index contributed by atoms with van der Waals surface area (Å²) < 4.78 is 0. The van der Waals surface area contributed by atoms with E-state index in [4.69, 9.17) is 5.73 Å². The van der Waals surface area contributed by atoms with Crippen molar-refractivity contribution in [2.45, 2.75) is 25.4 Å². The van der Waals surface area contributed by atoms with E-state index in [0.29, 0.717) is 18.5 Å². The van der Waals surface area contributed by atoms with E-state index in [9.17, 15) is 0 Å². The van der Waals surface area contributed by atoms with Gasteiger partial charge in [-0.3, -0.25) is 5.10 Å². The molecule has 1 aliphatic rings. The number of nitrogens with two attached hydrogens (primary N) is 1. The standard InChI is InChI=1S/C8H13N5/c9-8(12-6-1-2-6)10-5-7-3-4-11-13-7/h3-4,6H,1-2,5H2,(H,11,13)(H3,9,10,12). The molecule has 2 rings (SSSR count). The van der Waals surface area contributed by atoms with Crippen molar-refractivity contribution >= 4 is 5.96 Å². The van der Waals surface area contributed by atoms with Crippen molar-refractivity contribution in [2.75, 3.05) is 0 Å². The molecule has 0 spiro atoms. The van der Waals surface area contributed by atoms with Crippen molar-refractivity contribution < 1.29 is 0 Å². The van der Waals surface area contributed by atoms with E-state index in [-0.39, 0.29) is 0 Å². The fourth-order valence-corrected chi connectivity index (χ4v) is 1.03. The third-order valence-corrected chi connectivity index (χ3v) is 1.91. The zero-order chi connectivity index (χ0) is 9.10. The summed E-state index contributed by atoms with van der Waals surface area (Å²) in [5, 5.41) is 9.75. The van der Waals surface area contributed by atoms with Gasteiger partial charge in [0.25, 0.3) is 0 Å². The molecule has 5 nitrogen and oxygen atoms in total. The summed E-state index contributed by atoms with van der Waals surface area (Å²) in [6.45, 7) is 0.561. The molecule has 4 N–H and O–H groups in total. The summed E-state index contributed by atoms with van der Waals surface area (Å²) in [7, 11) is 0. The van der Waals surface area contributed by atoms with Gasteiger partial charge in [-0.25, -0.2) is 4.99 Å². The quantitative estimate of drug-likeness (QED) is 0.450. The lowest BCUT2D eigenvalue weighted by atomic mass is 10.4. The Hall–Kier alpha value is -1.52. The average molecular weight is 179 g/mol. The van der Waals surface area contributed by atoms with Crippen molar-refractivity contribution in [1.29, 1.82) is 0 Å². The van der Waals surface area contributed by atoms with Crippen LogP contribution >= 0.6 is 0 Å². The molecule has 0 bridgehead atoms. The highest BCUT2D eigenvalue weighted by Gasteiger charge is 2.21. The first kappa shape index (κ1) is 8.10. The molecular formula is C8H13N5.